The highest BCUT2D eigenvalue weighted by atomic mass is 16.5. The maximum Gasteiger partial charge on any atom is 0.0831 e. The Labute approximate surface area is 119 Å². The van der Waals surface area contributed by atoms with E-state index in [1.807, 2.05) is 7.11 Å². The van der Waals surface area contributed by atoms with Crippen LogP contribution in [-0.4, -0.2) is 18.8 Å². The number of methoxy groups -OCH3 is 1. The van der Waals surface area contributed by atoms with Crippen molar-refractivity contribution < 1.29 is 4.74 Å². The molecule has 0 spiro atoms. The lowest BCUT2D eigenvalue weighted by molar-refractivity contribution is -0.0633. The maximum atomic E-state index is 6.73. The smallest absolute Gasteiger partial charge is 0.0831 e. The second-order valence-corrected chi connectivity index (χ2v) is 6.91. The van der Waals surface area contributed by atoms with Crippen molar-refractivity contribution in [2.45, 2.75) is 89.2 Å². The predicted octanol–water partition coefficient (Wildman–Crippen LogP) is 4.27. The zero-order valence-electron chi connectivity index (χ0n) is 13.0. The number of nitrogens with two attached hydrogens (primary N) is 1. The van der Waals surface area contributed by atoms with Gasteiger partial charge in [0.15, 0.2) is 0 Å². The van der Waals surface area contributed by atoms with E-state index in [1.54, 1.807) is 0 Å². The molecular formula is C17H33NO. The van der Waals surface area contributed by atoms with Crippen LogP contribution in [0.25, 0.3) is 0 Å². The monoisotopic (exact) mass is 267 g/mol. The quantitative estimate of drug-likeness (QED) is 0.772. The lowest BCUT2D eigenvalue weighted by atomic mass is 9.70. The molecule has 3 unspecified atom stereocenters. The number of hydrogen-bond acceptors (Lipinski definition) is 2. The van der Waals surface area contributed by atoms with Crippen molar-refractivity contribution in [2.75, 3.05) is 7.11 Å². The van der Waals surface area contributed by atoms with Crippen LogP contribution in [0.1, 0.15) is 77.6 Å². The molecule has 112 valence electrons. The van der Waals surface area contributed by atoms with E-state index in [9.17, 15) is 0 Å². The summed E-state index contributed by atoms with van der Waals surface area (Å²) < 4.78 is 6.02. The van der Waals surface area contributed by atoms with Crippen LogP contribution in [-0.2, 0) is 4.74 Å². The van der Waals surface area contributed by atoms with Gasteiger partial charge < -0.3 is 10.5 Å². The highest BCUT2D eigenvalue weighted by Gasteiger charge is 2.42. The van der Waals surface area contributed by atoms with Gasteiger partial charge in [0.05, 0.1) is 5.60 Å². The average molecular weight is 267 g/mol. The van der Waals surface area contributed by atoms with E-state index >= 15 is 0 Å². The molecule has 2 fully saturated rings. The summed E-state index contributed by atoms with van der Waals surface area (Å²) in [7, 11) is 1.89. The first-order valence-corrected chi connectivity index (χ1v) is 8.52. The fourth-order valence-electron chi connectivity index (χ4n) is 4.46. The van der Waals surface area contributed by atoms with E-state index in [2.05, 4.69) is 6.92 Å². The lowest BCUT2D eigenvalue weighted by Gasteiger charge is -2.43. The van der Waals surface area contributed by atoms with Gasteiger partial charge in [-0.25, -0.2) is 0 Å². The Bertz CT molecular complexity index is 258. The number of rotatable bonds is 4. The molecule has 0 amide bonds. The molecule has 0 bridgehead atoms. The van der Waals surface area contributed by atoms with Gasteiger partial charge in [0.25, 0.3) is 0 Å². The van der Waals surface area contributed by atoms with Gasteiger partial charge in [-0.1, -0.05) is 51.9 Å². The molecule has 0 saturated heterocycles. The van der Waals surface area contributed by atoms with Crippen LogP contribution in [0.2, 0.25) is 0 Å². The van der Waals surface area contributed by atoms with E-state index in [-0.39, 0.29) is 11.6 Å². The van der Waals surface area contributed by atoms with Crippen molar-refractivity contribution >= 4 is 0 Å². The number of ether oxygens (including phenoxy) is 1. The summed E-state index contributed by atoms with van der Waals surface area (Å²) in [6.07, 6.45) is 14.4. The van der Waals surface area contributed by atoms with Gasteiger partial charge >= 0.3 is 0 Å². The Kier molecular flexibility index (Phi) is 5.70. The summed E-state index contributed by atoms with van der Waals surface area (Å²) in [5.74, 6) is 1.60. The summed E-state index contributed by atoms with van der Waals surface area (Å²) in [4.78, 5) is 0. The molecule has 0 radical (unpaired) electrons. The molecule has 0 aromatic heterocycles. The second-order valence-electron chi connectivity index (χ2n) is 6.91. The maximum absolute atomic E-state index is 6.73. The van der Waals surface area contributed by atoms with Crippen molar-refractivity contribution in [1.29, 1.82) is 0 Å². The zero-order valence-corrected chi connectivity index (χ0v) is 13.0. The molecule has 2 rings (SSSR count). The molecule has 3 atom stereocenters. The van der Waals surface area contributed by atoms with Crippen molar-refractivity contribution in [1.82, 2.24) is 0 Å². The fourth-order valence-corrected chi connectivity index (χ4v) is 4.46. The standard InChI is InChI=1S/C17H33NO/c1-3-14-9-8-10-15(13-14)16(18)17(19-2)11-6-4-5-7-12-17/h14-16H,3-13,18H2,1-2H3. The van der Waals surface area contributed by atoms with Gasteiger partial charge in [0.1, 0.15) is 0 Å². The first kappa shape index (κ1) is 15.3. The first-order valence-electron chi connectivity index (χ1n) is 8.52. The van der Waals surface area contributed by atoms with Crippen LogP contribution < -0.4 is 5.73 Å². The number of hydrogen-bond donors (Lipinski definition) is 1. The van der Waals surface area contributed by atoms with Gasteiger partial charge in [-0.05, 0) is 37.5 Å². The average Bonchev–Trinajstić information content (AvgIpc) is 2.73. The van der Waals surface area contributed by atoms with Crippen molar-refractivity contribution in [2.24, 2.45) is 17.6 Å². The van der Waals surface area contributed by atoms with E-state index in [4.69, 9.17) is 10.5 Å². The highest BCUT2D eigenvalue weighted by molar-refractivity contribution is 4.97. The summed E-state index contributed by atoms with van der Waals surface area (Å²) >= 11 is 0. The van der Waals surface area contributed by atoms with E-state index in [0.29, 0.717) is 5.92 Å². The molecule has 0 aliphatic heterocycles. The predicted molar refractivity (Wildman–Crippen MR) is 81.2 cm³/mol. The summed E-state index contributed by atoms with van der Waals surface area (Å²) in [5.41, 5.74) is 6.71. The minimum absolute atomic E-state index is 0.0171. The zero-order chi connectivity index (χ0) is 13.7. The largest absolute Gasteiger partial charge is 0.377 e. The SMILES string of the molecule is CCC1CCCC(C(N)C2(OC)CCCCCC2)C1. The van der Waals surface area contributed by atoms with E-state index in [1.165, 1.54) is 70.6 Å². The first-order chi connectivity index (χ1) is 9.22. The topological polar surface area (TPSA) is 35.2 Å². The Balaban J connectivity index is 2.03. The second kappa shape index (κ2) is 7.08. The molecule has 2 saturated carbocycles. The minimum Gasteiger partial charge on any atom is -0.377 e. The minimum atomic E-state index is -0.0171. The molecule has 2 nitrogen and oxygen atoms in total. The van der Waals surface area contributed by atoms with E-state index in [0.717, 1.165) is 5.92 Å². The van der Waals surface area contributed by atoms with Gasteiger partial charge in [-0.15, -0.1) is 0 Å². The third kappa shape index (κ3) is 3.52. The van der Waals surface area contributed by atoms with Gasteiger partial charge in [0, 0.05) is 13.2 Å². The van der Waals surface area contributed by atoms with Crippen molar-refractivity contribution in [3.8, 4) is 0 Å². The van der Waals surface area contributed by atoms with Gasteiger partial charge in [-0.2, -0.15) is 0 Å². The van der Waals surface area contributed by atoms with Gasteiger partial charge in [-0.3, -0.25) is 0 Å². The van der Waals surface area contributed by atoms with Crippen LogP contribution in [0.15, 0.2) is 0 Å². The molecular weight excluding hydrogens is 234 g/mol. The van der Waals surface area contributed by atoms with Crippen LogP contribution >= 0.6 is 0 Å². The fraction of sp³-hybridized carbons (Fsp3) is 1.00. The normalized spacial score (nSPS) is 33.6. The molecule has 0 aromatic carbocycles. The molecule has 0 heterocycles. The molecule has 2 aliphatic rings. The third-order valence-electron chi connectivity index (χ3n) is 5.87. The molecule has 2 heteroatoms. The third-order valence-corrected chi connectivity index (χ3v) is 5.87. The Morgan fingerprint density at radius 2 is 1.79 bits per heavy atom. The van der Waals surface area contributed by atoms with Crippen molar-refractivity contribution in [3.63, 3.8) is 0 Å². The van der Waals surface area contributed by atoms with Crippen LogP contribution in [0.5, 0.6) is 0 Å². The Morgan fingerprint density at radius 1 is 1.11 bits per heavy atom. The Hall–Kier alpha value is -0.0800. The molecule has 19 heavy (non-hydrogen) atoms. The molecule has 2 aliphatic carbocycles. The van der Waals surface area contributed by atoms with Crippen molar-refractivity contribution in [3.05, 3.63) is 0 Å². The molecule has 0 aromatic rings. The van der Waals surface area contributed by atoms with Gasteiger partial charge in [0.2, 0.25) is 0 Å². The van der Waals surface area contributed by atoms with Crippen LogP contribution in [0.4, 0.5) is 0 Å². The lowest BCUT2D eigenvalue weighted by Crippen LogP contribution is -2.54. The van der Waals surface area contributed by atoms with Crippen LogP contribution in [0, 0.1) is 11.8 Å². The van der Waals surface area contributed by atoms with Crippen LogP contribution in [0.3, 0.4) is 0 Å². The Morgan fingerprint density at radius 3 is 2.37 bits per heavy atom. The summed E-state index contributed by atoms with van der Waals surface area (Å²) in [6.45, 7) is 2.33. The molecule has 2 N–H and O–H groups in total. The summed E-state index contributed by atoms with van der Waals surface area (Å²) in [6, 6.07) is 0.255. The summed E-state index contributed by atoms with van der Waals surface area (Å²) in [5, 5.41) is 0. The van der Waals surface area contributed by atoms with E-state index < -0.39 is 0 Å². The highest BCUT2D eigenvalue weighted by Crippen LogP contribution is 2.40.